The third-order valence-electron chi connectivity index (χ3n) is 4.01. The maximum absolute atomic E-state index is 12.1. The first-order valence-corrected chi connectivity index (χ1v) is 8.35. The van der Waals surface area contributed by atoms with E-state index in [4.69, 9.17) is 0 Å². The van der Waals surface area contributed by atoms with E-state index in [1.54, 1.807) is 11.9 Å². The number of likely N-dealkylation sites (N-methyl/N-ethyl adjacent to an activating group) is 1. The van der Waals surface area contributed by atoms with E-state index in [0.29, 0.717) is 6.54 Å². The van der Waals surface area contributed by atoms with Gasteiger partial charge in [0.2, 0.25) is 11.8 Å². The Labute approximate surface area is 134 Å². The van der Waals surface area contributed by atoms with Gasteiger partial charge in [0, 0.05) is 12.6 Å². The summed E-state index contributed by atoms with van der Waals surface area (Å²) in [5, 5.41) is 5.81. The van der Waals surface area contributed by atoms with E-state index >= 15 is 0 Å². The van der Waals surface area contributed by atoms with Gasteiger partial charge < -0.3 is 10.6 Å². The van der Waals surface area contributed by atoms with Crippen LogP contribution in [0.4, 0.5) is 0 Å². The molecule has 0 saturated heterocycles. The van der Waals surface area contributed by atoms with Crippen LogP contribution in [-0.2, 0) is 9.59 Å². The van der Waals surface area contributed by atoms with E-state index in [2.05, 4.69) is 16.7 Å². The molecule has 0 saturated carbocycles. The first-order chi connectivity index (χ1) is 10.4. The fourth-order valence-electron chi connectivity index (χ4n) is 2.56. The summed E-state index contributed by atoms with van der Waals surface area (Å²) in [6.45, 7) is 6.60. The molecule has 2 N–H and O–H groups in total. The Morgan fingerprint density at radius 1 is 1.27 bits per heavy atom. The lowest BCUT2D eigenvalue weighted by Crippen LogP contribution is -2.48. The first-order valence-electron chi connectivity index (χ1n) is 8.35. The number of amides is 2. The summed E-state index contributed by atoms with van der Waals surface area (Å²) >= 11 is 0. The van der Waals surface area contributed by atoms with Crippen LogP contribution in [0.5, 0.6) is 0 Å². The lowest BCUT2D eigenvalue weighted by molar-refractivity contribution is -0.127. The molecule has 0 fully saturated rings. The van der Waals surface area contributed by atoms with Crippen molar-refractivity contribution in [3.05, 3.63) is 11.6 Å². The molecule has 0 aromatic rings. The van der Waals surface area contributed by atoms with Crippen LogP contribution in [0.1, 0.15) is 52.9 Å². The third kappa shape index (κ3) is 7.07. The minimum atomic E-state index is -0.307. The normalized spacial score (nSPS) is 16.4. The summed E-state index contributed by atoms with van der Waals surface area (Å²) in [5.74, 6) is -0.0687. The number of allylic oxidation sites excluding steroid dienone is 1. The lowest BCUT2D eigenvalue weighted by Gasteiger charge is -2.24. The molecule has 22 heavy (non-hydrogen) atoms. The highest BCUT2D eigenvalue weighted by Gasteiger charge is 2.20. The SMILES string of the molecule is CC(C)NC(=O)CN(C)[C@@H](C)C(=O)NCCC1=CCCCC1. The van der Waals surface area contributed by atoms with Crippen LogP contribution in [0.25, 0.3) is 0 Å². The average Bonchev–Trinajstić information content (AvgIpc) is 2.46. The topological polar surface area (TPSA) is 61.4 Å². The van der Waals surface area contributed by atoms with Crippen LogP contribution >= 0.6 is 0 Å². The molecule has 1 rings (SSSR count). The fraction of sp³-hybridized carbons (Fsp3) is 0.765. The zero-order valence-electron chi connectivity index (χ0n) is 14.4. The van der Waals surface area contributed by atoms with E-state index in [1.165, 1.54) is 31.3 Å². The van der Waals surface area contributed by atoms with Gasteiger partial charge in [-0.15, -0.1) is 0 Å². The molecule has 0 aromatic heterocycles. The molecule has 0 spiro atoms. The van der Waals surface area contributed by atoms with Crippen molar-refractivity contribution in [2.45, 2.75) is 65.0 Å². The number of nitrogens with zero attached hydrogens (tertiary/aromatic N) is 1. The molecule has 1 aliphatic carbocycles. The van der Waals surface area contributed by atoms with Crippen LogP contribution in [0.15, 0.2) is 11.6 Å². The van der Waals surface area contributed by atoms with Gasteiger partial charge in [-0.1, -0.05) is 11.6 Å². The van der Waals surface area contributed by atoms with Gasteiger partial charge in [0.25, 0.3) is 0 Å². The van der Waals surface area contributed by atoms with Gasteiger partial charge in [-0.2, -0.15) is 0 Å². The van der Waals surface area contributed by atoms with Crippen molar-refractivity contribution < 1.29 is 9.59 Å². The molecule has 126 valence electrons. The Balaban J connectivity index is 2.28. The number of hydrogen-bond donors (Lipinski definition) is 2. The first kappa shape index (κ1) is 18.7. The molecule has 0 aliphatic heterocycles. The second kappa shape index (κ2) is 9.62. The number of nitrogens with one attached hydrogen (secondary N) is 2. The van der Waals surface area contributed by atoms with Crippen molar-refractivity contribution in [2.75, 3.05) is 20.1 Å². The second-order valence-corrected chi connectivity index (χ2v) is 6.46. The predicted molar refractivity (Wildman–Crippen MR) is 89.5 cm³/mol. The molecule has 2 amide bonds. The van der Waals surface area contributed by atoms with E-state index in [1.807, 2.05) is 20.8 Å². The van der Waals surface area contributed by atoms with Gasteiger partial charge in [-0.25, -0.2) is 0 Å². The highest BCUT2D eigenvalue weighted by atomic mass is 16.2. The summed E-state index contributed by atoms with van der Waals surface area (Å²) < 4.78 is 0. The molecular weight excluding hydrogens is 278 g/mol. The van der Waals surface area contributed by atoms with Crippen molar-refractivity contribution >= 4 is 11.8 Å². The third-order valence-corrected chi connectivity index (χ3v) is 4.01. The van der Waals surface area contributed by atoms with Gasteiger partial charge >= 0.3 is 0 Å². The van der Waals surface area contributed by atoms with Crippen molar-refractivity contribution in [2.24, 2.45) is 0 Å². The quantitative estimate of drug-likeness (QED) is 0.673. The van der Waals surface area contributed by atoms with E-state index in [0.717, 1.165) is 6.42 Å². The van der Waals surface area contributed by atoms with E-state index in [-0.39, 0.29) is 30.4 Å². The van der Waals surface area contributed by atoms with Crippen LogP contribution in [0.2, 0.25) is 0 Å². The summed E-state index contributed by atoms with van der Waals surface area (Å²) in [6.07, 6.45) is 8.14. The molecule has 5 nitrogen and oxygen atoms in total. The molecule has 0 bridgehead atoms. The Bertz CT molecular complexity index is 405. The van der Waals surface area contributed by atoms with Gasteiger partial charge in [-0.3, -0.25) is 14.5 Å². The van der Waals surface area contributed by atoms with Gasteiger partial charge in [0.1, 0.15) is 0 Å². The maximum Gasteiger partial charge on any atom is 0.237 e. The summed E-state index contributed by atoms with van der Waals surface area (Å²) in [7, 11) is 1.80. The Hall–Kier alpha value is -1.36. The van der Waals surface area contributed by atoms with Crippen LogP contribution in [0, 0.1) is 0 Å². The van der Waals surface area contributed by atoms with Crippen molar-refractivity contribution in [1.82, 2.24) is 15.5 Å². The summed E-state index contributed by atoms with van der Waals surface area (Å²) in [4.78, 5) is 25.6. The van der Waals surface area contributed by atoms with Crippen LogP contribution in [0.3, 0.4) is 0 Å². The smallest absolute Gasteiger partial charge is 0.237 e. The molecule has 1 aliphatic rings. The predicted octanol–water partition coefficient (Wildman–Crippen LogP) is 1.84. The monoisotopic (exact) mass is 309 g/mol. The fourth-order valence-corrected chi connectivity index (χ4v) is 2.56. The Morgan fingerprint density at radius 3 is 2.59 bits per heavy atom. The number of carbonyl (C=O) groups excluding carboxylic acids is 2. The highest BCUT2D eigenvalue weighted by molar-refractivity contribution is 5.83. The molecule has 5 heteroatoms. The number of hydrogen-bond acceptors (Lipinski definition) is 3. The van der Waals surface area contributed by atoms with Crippen molar-refractivity contribution in [3.63, 3.8) is 0 Å². The average molecular weight is 309 g/mol. The Morgan fingerprint density at radius 2 is 2.00 bits per heavy atom. The minimum Gasteiger partial charge on any atom is -0.354 e. The number of rotatable bonds is 8. The molecule has 0 radical (unpaired) electrons. The van der Waals surface area contributed by atoms with Crippen molar-refractivity contribution in [1.29, 1.82) is 0 Å². The Kier molecular flexibility index (Phi) is 8.17. The summed E-state index contributed by atoms with van der Waals surface area (Å²) in [6, 6.07) is -0.188. The van der Waals surface area contributed by atoms with Crippen LogP contribution < -0.4 is 10.6 Å². The highest BCUT2D eigenvalue weighted by Crippen LogP contribution is 2.19. The molecule has 0 aromatic carbocycles. The van der Waals surface area contributed by atoms with Crippen LogP contribution in [-0.4, -0.2) is 48.9 Å². The molecular formula is C17H31N3O2. The zero-order chi connectivity index (χ0) is 16.5. The second-order valence-electron chi connectivity index (χ2n) is 6.46. The van der Waals surface area contributed by atoms with E-state index in [9.17, 15) is 9.59 Å². The standard InChI is InChI=1S/C17H31N3O2/c1-13(2)19-16(21)12-20(4)14(3)17(22)18-11-10-15-8-6-5-7-9-15/h8,13-14H,5-7,9-12H2,1-4H3,(H,18,22)(H,19,21)/t14-/m0/s1. The minimum absolute atomic E-state index is 0.0174. The van der Waals surface area contributed by atoms with Gasteiger partial charge in [-0.05, 0) is 59.9 Å². The largest absolute Gasteiger partial charge is 0.354 e. The zero-order valence-corrected chi connectivity index (χ0v) is 14.4. The van der Waals surface area contributed by atoms with E-state index < -0.39 is 0 Å². The molecule has 1 atom stereocenters. The maximum atomic E-state index is 12.1. The molecule has 0 unspecified atom stereocenters. The number of carbonyl (C=O) groups is 2. The van der Waals surface area contributed by atoms with Gasteiger partial charge in [0.15, 0.2) is 0 Å². The summed E-state index contributed by atoms with van der Waals surface area (Å²) in [5.41, 5.74) is 1.46. The van der Waals surface area contributed by atoms with Gasteiger partial charge in [0.05, 0.1) is 12.6 Å². The molecule has 0 heterocycles. The van der Waals surface area contributed by atoms with Crippen molar-refractivity contribution in [3.8, 4) is 0 Å². The lowest BCUT2D eigenvalue weighted by atomic mass is 9.97.